The van der Waals surface area contributed by atoms with Crippen LogP contribution in [0.4, 0.5) is 5.69 Å². The minimum absolute atomic E-state index is 0.190. The summed E-state index contributed by atoms with van der Waals surface area (Å²) < 4.78 is 6.97. The number of H-pyrrole nitrogens is 1. The number of aromatic nitrogens is 2. The van der Waals surface area contributed by atoms with E-state index >= 15 is 0 Å². The first-order chi connectivity index (χ1) is 12.2. The molecule has 2 aliphatic rings. The maximum Gasteiger partial charge on any atom is 0.317 e. The Labute approximate surface area is 155 Å². The third-order valence-corrected chi connectivity index (χ3v) is 7.26. The number of hydrogen-bond donors (Lipinski definition) is 2. The smallest absolute Gasteiger partial charge is 0.317 e. The second-order valence-electron chi connectivity index (χ2n) is 8.87. The molecule has 2 fully saturated rings. The summed E-state index contributed by atoms with van der Waals surface area (Å²) in [5.41, 5.74) is -0.369. The quantitative estimate of drug-likeness (QED) is 0.808. The van der Waals surface area contributed by atoms with Crippen molar-refractivity contribution in [3.63, 3.8) is 0 Å². The molecule has 0 radical (unpaired) electrons. The Balaban J connectivity index is 1.81. The van der Waals surface area contributed by atoms with Crippen LogP contribution < -0.4 is 16.3 Å². The van der Waals surface area contributed by atoms with Gasteiger partial charge in [0.05, 0.1) is 0 Å². The molecule has 5 atom stereocenters. The highest BCUT2D eigenvalue weighted by Gasteiger charge is 2.43. The molecule has 2 heterocycles. The van der Waals surface area contributed by atoms with Crippen molar-refractivity contribution >= 4 is 5.69 Å². The van der Waals surface area contributed by atoms with Gasteiger partial charge in [-0.1, -0.05) is 34.6 Å². The van der Waals surface area contributed by atoms with E-state index in [1.807, 2.05) is 0 Å². The number of nitrogens with zero attached hydrogens (tertiary/aromatic N) is 1. The molecule has 6 heteroatoms. The first kappa shape index (κ1) is 19.2. The van der Waals surface area contributed by atoms with Crippen LogP contribution in [0.2, 0.25) is 0 Å². The molecule has 0 amide bonds. The molecule has 3 rings (SSSR count). The molecule has 0 spiro atoms. The number of nitrogens with one attached hydrogen (secondary N) is 2. The number of ether oxygens (including phenoxy) is 1. The minimum Gasteiger partial charge on any atom is -0.377 e. The summed E-state index contributed by atoms with van der Waals surface area (Å²) in [6.45, 7) is 12.1. The molecule has 1 saturated carbocycles. The number of hydrogen-bond acceptors (Lipinski definition) is 4. The zero-order valence-electron chi connectivity index (χ0n) is 16.7. The molecule has 146 valence electrons. The fraction of sp³-hybridized carbons (Fsp3) is 0.800. The van der Waals surface area contributed by atoms with Crippen molar-refractivity contribution in [2.24, 2.45) is 23.2 Å². The van der Waals surface area contributed by atoms with E-state index in [1.54, 1.807) is 6.20 Å². The van der Waals surface area contributed by atoms with Crippen LogP contribution in [0, 0.1) is 23.2 Å². The molecule has 6 nitrogen and oxygen atoms in total. The maximum atomic E-state index is 12.6. The largest absolute Gasteiger partial charge is 0.377 e. The van der Waals surface area contributed by atoms with E-state index in [2.05, 4.69) is 45.0 Å². The molecular weight excluding hydrogens is 330 g/mol. The minimum atomic E-state index is -0.535. The van der Waals surface area contributed by atoms with Gasteiger partial charge >= 0.3 is 5.56 Å². The first-order valence-corrected chi connectivity index (χ1v) is 9.95. The van der Waals surface area contributed by atoms with Crippen LogP contribution in [-0.4, -0.2) is 22.4 Å². The van der Waals surface area contributed by atoms with Crippen LogP contribution >= 0.6 is 0 Å². The molecule has 1 aliphatic carbocycles. The van der Waals surface area contributed by atoms with Gasteiger partial charge in [-0.2, -0.15) is 0 Å². The fourth-order valence-electron chi connectivity index (χ4n) is 4.50. The molecule has 1 aromatic rings. The lowest BCUT2D eigenvalue weighted by atomic mass is 9.58. The number of aromatic amines is 1. The van der Waals surface area contributed by atoms with Crippen molar-refractivity contribution in [3.8, 4) is 0 Å². The summed E-state index contributed by atoms with van der Waals surface area (Å²) in [4.78, 5) is 25.2. The third-order valence-electron chi connectivity index (χ3n) is 7.26. The predicted octanol–water partition coefficient (Wildman–Crippen LogP) is 3.35. The van der Waals surface area contributed by atoms with E-state index in [0.29, 0.717) is 30.0 Å². The van der Waals surface area contributed by atoms with Gasteiger partial charge < -0.3 is 10.1 Å². The van der Waals surface area contributed by atoms with Crippen LogP contribution in [0.15, 0.2) is 15.8 Å². The average Bonchev–Trinajstić information content (AvgIpc) is 2.63. The Morgan fingerprint density at radius 2 is 1.96 bits per heavy atom. The summed E-state index contributed by atoms with van der Waals surface area (Å²) in [5.74, 6) is 1.49. The summed E-state index contributed by atoms with van der Waals surface area (Å²) in [7, 11) is 0. The van der Waals surface area contributed by atoms with Gasteiger partial charge in [0.2, 0.25) is 0 Å². The number of rotatable bonds is 3. The van der Waals surface area contributed by atoms with Gasteiger partial charge in [-0.3, -0.25) is 14.7 Å². The van der Waals surface area contributed by atoms with Crippen molar-refractivity contribution < 1.29 is 4.74 Å². The SMILES string of the molecule is C[C@@H]1[C@@H](C)C(C)(C)[C@@H](C)C[C@H]1Nc1c[nH]n(C2CCCCO2)c(=O)c1=O. The van der Waals surface area contributed by atoms with E-state index in [0.717, 1.165) is 25.7 Å². The van der Waals surface area contributed by atoms with Gasteiger partial charge in [-0.05, 0) is 48.9 Å². The average molecular weight is 364 g/mol. The van der Waals surface area contributed by atoms with Gasteiger partial charge in [-0.15, -0.1) is 0 Å². The van der Waals surface area contributed by atoms with Crippen LogP contribution in [0.3, 0.4) is 0 Å². The second-order valence-corrected chi connectivity index (χ2v) is 8.87. The molecule has 1 unspecified atom stereocenters. The van der Waals surface area contributed by atoms with Gasteiger partial charge in [0.15, 0.2) is 6.23 Å². The van der Waals surface area contributed by atoms with Gasteiger partial charge in [0, 0.05) is 18.8 Å². The van der Waals surface area contributed by atoms with Crippen LogP contribution in [0.5, 0.6) is 0 Å². The molecule has 26 heavy (non-hydrogen) atoms. The van der Waals surface area contributed by atoms with Crippen molar-refractivity contribution in [2.45, 2.75) is 72.6 Å². The van der Waals surface area contributed by atoms with Gasteiger partial charge in [-0.25, -0.2) is 4.68 Å². The molecule has 0 bridgehead atoms. The topological polar surface area (TPSA) is 76.1 Å². The molecule has 1 aromatic heterocycles. The lowest BCUT2D eigenvalue weighted by Crippen LogP contribution is -2.49. The van der Waals surface area contributed by atoms with Crippen molar-refractivity contribution in [3.05, 3.63) is 26.8 Å². The van der Waals surface area contributed by atoms with E-state index in [4.69, 9.17) is 4.74 Å². The highest BCUT2D eigenvalue weighted by molar-refractivity contribution is 5.40. The van der Waals surface area contributed by atoms with E-state index in [-0.39, 0.29) is 17.7 Å². The van der Waals surface area contributed by atoms with Crippen molar-refractivity contribution in [1.82, 2.24) is 9.78 Å². The second kappa shape index (κ2) is 7.22. The Kier molecular flexibility index (Phi) is 5.33. The molecule has 1 aliphatic heterocycles. The van der Waals surface area contributed by atoms with Gasteiger partial charge in [0.1, 0.15) is 5.69 Å². The molecule has 2 N–H and O–H groups in total. The lowest BCUT2D eigenvalue weighted by Gasteiger charge is -2.50. The van der Waals surface area contributed by atoms with E-state index < -0.39 is 11.0 Å². The Morgan fingerprint density at radius 1 is 1.23 bits per heavy atom. The van der Waals surface area contributed by atoms with E-state index in [9.17, 15) is 9.59 Å². The standard InChI is InChI=1S/C20H33N3O3/c1-12-10-15(13(2)14(3)20(12,4)5)22-16-11-21-23(19(25)18(16)24)17-8-6-7-9-26-17/h11-15,17,21-22H,6-10H2,1-5H3/t12-,13+,14+,15+,17?/m0/s1. The van der Waals surface area contributed by atoms with Crippen LogP contribution in [-0.2, 0) is 4.74 Å². The Bertz CT molecular complexity index is 745. The highest BCUT2D eigenvalue weighted by Crippen LogP contribution is 2.47. The first-order valence-electron chi connectivity index (χ1n) is 9.95. The number of anilines is 1. The monoisotopic (exact) mass is 363 g/mol. The highest BCUT2D eigenvalue weighted by atomic mass is 16.5. The summed E-state index contributed by atoms with van der Waals surface area (Å²) in [6, 6.07) is 0.190. The molecule has 1 saturated heterocycles. The zero-order valence-corrected chi connectivity index (χ0v) is 16.7. The van der Waals surface area contributed by atoms with E-state index in [1.165, 1.54) is 4.68 Å². The summed E-state index contributed by atoms with van der Waals surface area (Å²) in [6.07, 6.45) is 5.03. The van der Waals surface area contributed by atoms with Crippen LogP contribution in [0.25, 0.3) is 0 Å². The predicted molar refractivity (Wildman–Crippen MR) is 103 cm³/mol. The Morgan fingerprint density at radius 3 is 2.62 bits per heavy atom. The fourth-order valence-corrected chi connectivity index (χ4v) is 4.50. The molecular formula is C20H33N3O3. The normalized spacial score (nSPS) is 34.4. The summed E-state index contributed by atoms with van der Waals surface area (Å²) >= 11 is 0. The Hall–Kier alpha value is -1.56. The van der Waals surface area contributed by atoms with Crippen LogP contribution in [0.1, 0.15) is 66.5 Å². The lowest BCUT2D eigenvalue weighted by molar-refractivity contribution is -0.0426. The van der Waals surface area contributed by atoms with Crippen molar-refractivity contribution in [2.75, 3.05) is 11.9 Å². The maximum absolute atomic E-state index is 12.6. The summed E-state index contributed by atoms with van der Waals surface area (Å²) in [5, 5.41) is 6.35. The molecule has 0 aromatic carbocycles. The van der Waals surface area contributed by atoms with Gasteiger partial charge in [0.25, 0.3) is 5.43 Å². The van der Waals surface area contributed by atoms with Crippen molar-refractivity contribution in [1.29, 1.82) is 0 Å². The third kappa shape index (κ3) is 3.36. The zero-order chi connectivity index (χ0) is 19.1.